The largest absolute Gasteiger partial charge is 0.468 e. The summed E-state index contributed by atoms with van der Waals surface area (Å²) < 4.78 is 7.89. The molecule has 0 N–H and O–H groups in total. The molecule has 0 unspecified atom stereocenters. The van der Waals surface area contributed by atoms with Crippen LogP contribution in [0.4, 0.5) is 0 Å². The van der Waals surface area contributed by atoms with Crippen molar-refractivity contribution in [3.8, 4) is 0 Å². The van der Waals surface area contributed by atoms with Crippen molar-refractivity contribution in [3.63, 3.8) is 0 Å². The van der Waals surface area contributed by atoms with Crippen LogP contribution < -0.4 is 0 Å². The van der Waals surface area contributed by atoms with E-state index in [4.69, 9.17) is 4.74 Å². The summed E-state index contributed by atoms with van der Waals surface area (Å²) in [4.78, 5) is 16.5. The summed E-state index contributed by atoms with van der Waals surface area (Å²) in [6.07, 6.45) is 1.63. The van der Waals surface area contributed by atoms with Crippen molar-refractivity contribution in [2.75, 3.05) is 7.11 Å². The molecular formula is C13H13BrN2O2. The second kappa shape index (κ2) is 3.82. The van der Waals surface area contributed by atoms with Crippen LogP contribution in [0.15, 0.2) is 22.7 Å². The number of nitrogens with zero attached hydrogens (tertiary/aromatic N) is 2. The number of carbonyl (C=O) groups is 1. The molecule has 94 valence electrons. The Bertz CT molecular complexity index is 644. The van der Waals surface area contributed by atoms with Crippen LogP contribution in [0.1, 0.15) is 18.7 Å². The monoisotopic (exact) mass is 308 g/mol. The van der Waals surface area contributed by atoms with Crippen LogP contribution in [0.5, 0.6) is 0 Å². The van der Waals surface area contributed by atoms with E-state index in [1.54, 1.807) is 0 Å². The van der Waals surface area contributed by atoms with Crippen molar-refractivity contribution in [1.29, 1.82) is 0 Å². The summed E-state index contributed by atoms with van der Waals surface area (Å²) in [6, 6.07) is 5.95. The molecule has 3 rings (SSSR count). The summed E-state index contributed by atoms with van der Waals surface area (Å²) in [5, 5.41) is 0. The number of benzene rings is 1. The minimum absolute atomic E-state index is 0.181. The number of ether oxygens (including phenoxy) is 1. The number of imidazole rings is 1. The van der Waals surface area contributed by atoms with Crippen molar-refractivity contribution in [2.24, 2.45) is 7.05 Å². The second-order valence-electron chi connectivity index (χ2n) is 4.70. The Labute approximate surface area is 113 Å². The zero-order valence-corrected chi connectivity index (χ0v) is 11.8. The molecule has 1 aromatic heterocycles. The van der Waals surface area contributed by atoms with E-state index >= 15 is 0 Å². The highest BCUT2D eigenvalue weighted by Crippen LogP contribution is 2.49. The van der Waals surface area contributed by atoms with Gasteiger partial charge in [-0.15, -0.1) is 0 Å². The molecule has 1 fully saturated rings. The van der Waals surface area contributed by atoms with Crippen LogP contribution in [0.3, 0.4) is 0 Å². The second-order valence-corrected chi connectivity index (χ2v) is 5.62. The molecule has 0 bridgehead atoms. The highest BCUT2D eigenvalue weighted by Gasteiger charge is 2.55. The summed E-state index contributed by atoms with van der Waals surface area (Å²) in [5.41, 5.74) is 1.41. The number of aromatic nitrogens is 2. The fourth-order valence-electron chi connectivity index (χ4n) is 2.44. The van der Waals surface area contributed by atoms with E-state index in [1.165, 1.54) is 7.11 Å². The third-order valence-corrected chi connectivity index (χ3v) is 4.09. The number of fused-ring (bicyclic) bond motifs is 1. The van der Waals surface area contributed by atoms with Gasteiger partial charge in [0.15, 0.2) is 0 Å². The van der Waals surface area contributed by atoms with Gasteiger partial charge in [0.05, 0.1) is 18.1 Å². The third kappa shape index (κ3) is 1.50. The number of aryl methyl sites for hydroxylation is 1. The zero-order chi connectivity index (χ0) is 12.9. The average molecular weight is 309 g/mol. The highest BCUT2D eigenvalue weighted by molar-refractivity contribution is 9.10. The molecule has 1 aromatic carbocycles. The van der Waals surface area contributed by atoms with Crippen LogP contribution in [-0.2, 0) is 22.0 Å². The fraction of sp³-hybridized carbons (Fsp3) is 0.385. The Kier molecular flexibility index (Phi) is 2.48. The number of hydrogen-bond acceptors (Lipinski definition) is 3. The highest BCUT2D eigenvalue weighted by atomic mass is 79.9. The third-order valence-electron chi connectivity index (χ3n) is 3.60. The van der Waals surface area contributed by atoms with Crippen LogP contribution in [0.2, 0.25) is 0 Å². The fourth-order valence-corrected chi connectivity index (χ4v) is 2.79. The lowest BCUT2D eigenvalue weighted by Crippen LogP contribution is -2.25. The van der Waals surface area contributed by atoms with E-state index in [0.29, 0.717) is 0 Å². The first-order valence-corrected chi connectivity index (χ1v) is 6.59. The molecule has 2 aromatic rings. The van der Waals surface area contributed by atoms with E-state index in [-0.39, 0.29) is 5.97 Å². The van der Waals surface area contributed by atoms with Gasteiger partial charge in [-0.2, -0.15) is 0 Å². The van der Waals surface area contributed by atoms with Gasteiger partial charge in [0.2, 0.25) is 0 Å². The Morgan fingerprint density at radius 3 is 2.83 bits per heavy atom. The number of halogens is 1. The van der Waals surface area contributed by atoms with Crippen LogP contribution >= 0.6 is 15.9 Å². The first-order valence-electron chi connectivity index (χ1n) is 5.79. The number of esters is 1. The molecule has 1 saturated carbocycles. The molecule has 0 radical (unpaired) electrons. The van der Waals surface area contributed by atoms with Gasteiger partial charge >= 0.3 is 5.97 Å². The molecule has 1 heterocycles. The standard InChI is InChI=1S/C13H13BrN2O2/c1-16-10-4-3-8(14)7-9(10)15-11(16)13(5-6-13)12(17)18-2/h3-4,7H,5-6H2,1-2H3. The van der Waals surface area contributed by atoms with E-state index < -0.39 is 5.41 Å². The van der Waals surface area contributed by atoms with E-state index in [2.05, 4.69) is 20.9 Å². The number of hydrogen-bond donors (Lipinski definition) is 0. The maximum absolute atomic E-state index is 11.9. The first-order chi connectivity index (χ1) is 8.58. The van der Waals surface area contributed by atoms with Crippen LogP contribution in [0.25, 0.3) is 11.0 Å². The lowest BCUT2D eigenvalue weighted by atomic mass is 10.1. The van der Waals surface area contributed by atoms with E-state index in [1.807, 2.05) is 29.8 Å². The predicted molar refractivity (Wildman–Crippen MR) is 71.3 cm³/mol. The van der Waals surface area contributed by atoms with Crippen molar-refractivity contribution < 1.29 is 9.53 Å². The number of carbonyl (C=O) groups excluding carboxylic acids is 1. The summed E-state index contributed by atoms with van der Waals surface area (Å²) in [5.74, 6) is 0.627. The Balaban J connectivity index is 2.19. The Hall–Kier alpha value is -1.36. The van der Waals surface area contributed by atoms with Gasteiger partial charge in [-0.3, -0.25) is 4.79 Å². The minimum Gasteiger partial charge on any atom is -0.468 e. The molecule has 0 atom stereocenters. The maximum atomic E-state index is 11.9. The lowest BCUT2D eigenvalue weighted by molar-refractivity contribution is -0.143. The van der Waals surface area contributed by atoms with Gasteiger partial charge in [-0.25, -0.2) is 4.98 Å². The summed E-state index contributed by atoms with van der Waals surface area (Å²) in [6.45, 7) is 0. The average Bonchev–Trinajstić information content (AvgIpc) is 3.10. The summed E-state index contributed by atoms with van der Waals surface area (Å²) in [7, 11) is 3.38. The molecule has 0 saturated heterocycles. The number of rotatable bonds is 2. The molecule has 0 amide bonds. The summed E-state index contributed by atoms with van der Waals surface area (Å²) >= 11 is 3.43. The molecule has 0 spiro atoms. The van der Waals surface area contributed by atoms with Crippen molar-refractivity contribution in [3.05, 3.63) is 28.5 Å². The molecule has 0 aliphatic heterocycles. The van der Waals surface area contributed by atoms with Gasteiger partial charge < -0.3 is 9.30 Å². The van der Waals surface area contributed by atoms with Gasteiger partial charge in [-0.05, 0) is 31.0 Å². The zero-order valence-electron chi connectivity index (χ0n) is 10.2. The lowest BCUT2D eigenvalue weighted by Gasteiger charge is -2.12. The molecule has 1 aliphatic rings. The van der Waals surface area contributed by atoms with Crippen LogP contribution in [-0.4, -0.2) is 22.6 Å². The topological polar surface area (TPSA) is 44.1 Å². The van der Waals surface area contributed by atoms with Gasteiger partial charge in [0.25, 0.3) is 0 Å². The number of methoxy groups -OCH3 is 1. The quantitative estimate of drug-likeness (QED) is 0.801. The van der Waals surface area contributed by atoms with Crippen LogP contribution in [0, 0.1) is 0 Å². The van der Waals surface area contributed by atoms with E-state index in [9.17, 15) is 4.79 Å². The molecule has 4 nitrogen and oxygen atoms in total. The Morgan fingerprint density at radius 2 is 2.22 bits per heavy atom. The van der Waals surface area contributed by atoms with Crippen molar-refractivity contribution in [1.82, 2.24) is 9.55 Å². The van der Waals surface area contributed by atoms with Crippen molar-refractivity contribution in [2.45, 2.75) is 18.3 Å². The SMILES string of the molecule is COC(=O)C1(c2nc3cc(Br)ccc3n2C)CC1. The molecule has 5 heteroatoms. The Morgan fingerprint density at radius 1 is 1.50 bits per heavy atom. The van der Waals surface area contributed by atoms with Crippen molar-refractivity contribution >= 4 is 32.9 Å². The normalized spacial score (nSPS) is 16.8. The molecule has 1 aliphatic carbocycles. The molecule has 18 heavy (non-hydrogen) atoms. The van der Waals surface area contributed by atoms with E-state index in [0.717, 1.165) is 34.2 Å². The molecular weight excluding hydrogens is 296 g/mol. The van der Waals surface area contributed by atoms with Gasteiger partial charge in [0, 0.05) is 11.5 Å². The minimum atomic E-state index is -0.519. The first kappa shape index (κ1) is 11.7. The predicted octanol–water partition coefficient (Wildman–Crippen LogP) is 2.54. The van der Waals surface area contributed by atoms with Gasteiger partial charge in [-0.1, -0.05) is 15.9 Å². The smallest absolute Gasteiger partial charge is 0.319 e. The van der Waals surface area contributed by atoms with Gasteiger partial charge in [0.1, 0.15) is 11.2 Å². The maximum Gasteiger partial charge on any atom is 0.319 e.